The maximum absolute atomic E-state index is 4.52. The molecule has 100 valence electrons. The van der Waals surface area contributed by atoms with Gasteiger partial charge in [0.2, 0.25) is 0 Å². The Morgan fingerprint density at radius 2 is 1.84 bits per heavy atom. The lowest BCUT2D eigenvalue weighted by Gasteiger charge is -2.08. The second kappa shape index (κ2) is 6.02. The minimum absolute atomic E-state index is 0.811. The summed E-state index contributed by atoms with van der Waals surface area (Å²) in [6.07, 6.45) is 1.79. The largest absolute Gasteiger partial charge is 0.373 e. The van der Waals surface area contributed by atoms with E-state index in [1.165, 1.54) is 5.56 Å². The van der Waals surface area contributed by atoms with Crippen molar-refractivity contribution in [2.24, 2.45) is 0 Å². The van der Waals surface area contributed by atoms with E-state index in [0.29, 0.717) is 0 Å². The van der Waals surface area contributed by atoms with Gasteiger partial charge in [-0.25, -0.2) is 15.0 Å². The molecule has 2 aromatic rings. The molecule has 19 heavy (non-hydrogen) atoms. The third-order valence-corrected chi connectivity index (χ3v) is 3.99. The Labute approximate surface area is 118 Å². The predicted molar refractivity (Wildman–Crippen MR) is 79.6 cm³/mol. The summed E-state index contributed by atoms with van der Waals surface area (Å²) in [6.45, 7) is 6.10. The molecule has 5 heteroatoms. The number of hydrogen-bond donors (Lipinski definition) is 1. The number of anilines is 1. The van der Waals surface area contributed by atoms with Gasteiger partial charge in [0.25, 0.3) is 0 Å². The molecule has 0 aliphatic heterocycles. The van der Waals surface area contributed by atoms with Gasteiger partial charge in [0.1, 0.15) is 5.82 Å². The Hall–Kier alpha value is -1.62. The number of rotatable bonds is 4. The first kappa shape index (κ1) is 13.8. The molecule has 0 atom stereocenters. The number of aryl methyl sites for hydroxylation is 2. The van der Waals surface area contributed by atoms with Gasteiger partial charge >= 0.3 is 0 Å². The van der Waals surface area contributed by atoms with Crippen molar-refractivity contribution in [1.29, 1.82) is 0 Å². The van der Waals surface area contributed by atoms with Crippen LogP contribution in [-0.2, 0) is 5.75 Å². The number of nitrogens with one attached hydrogen (secondary N) is 1. The molecule has 0 saturated heterocycles. The maximum atomic E-state index is 4.52. The van der Waals surface area contributed by atoms with Crippen LogP contribution in [0.5, 0.6) is 0 Å². The average Bonchev–Trinajstić information content (AvgIpc) is 2.42. The molecular formula is C14H18N4S. The molecule has 0 aliphatic carbocycles. The van der Waals surface area contributed by atoms with Crippen molar-refractivity contribution in [1.82, 2.24) is 15.0 Å². The van der Waals surface area contributed by atoms with Crippen LogP contribution < -0.4 is 5.32 Å². The molecule has 0 fully saturated rings. The van der Waals surface area contributed by atoms with Crippen LogP contribution in [0.4, 0.5) is 5.82 Å². The van der Waals surface area contributed by atoms with Crippen LogP contribution in [0.2, 0.25) is 0 Å². The molecule has 0 amide bonds. The number of aromatic nitrogens is 3. The van der Waals surface area contributed by atoms with Crippen molar-refractivity contribution in [2.75, 3.05) is 12.4 Å². The van der Waals surface area contributed by atoms with Crippen LogP contribution in [0, 0.1) is 20.8 Å². The zero-order chi connectivity index (χ0) is 13.8. The quantitative estimate of drug-likeness (QED) is 0.685. The fraction of sp³-hybridized carbons (Fsp3) is 0.357. The van der Waals surface area contributed by atoms with E-state index in [1.54, 1.807) is 18.0 Å². The molecule has 2 aromatic heterocycles. The molecule has 0 aromatic carbocycles. The van der Waals surface area contributed by atoms with Gasteiger partial charge in [0.05, 0.1) is 0 Å². The van der Waals surface area contributed by atoms with Crippen LogP contribution in [0.1, 0.15) is 22.5 Å². The Kier molecular flexibility index (Phi) is 4.37. The molecule has 4 nitrogen and oxygen atoms in total. The SMILES string of the molecule is CNc1ncccc1CSc1nc(C)c(C)c(C)n1. The highest BCUT2D eigenvalue weighted by Gasteiger charge is 2.07. The topological polar surface area (TPSA) is 50.7 Å². The minimum Gasteiger partial charge on any atom is -0.373 e. The first-order valence-corrected chi connectivity index (χ1v) is 7.16. The molecule has 0 saturated carbocycles. The fourth-order valence-corrected chi connectivity index (χ4v) is 2.65. The standard InChI is InChI=1S/C14H18N4S/c1-9-10(2)17-14(18-11(9)3)19-8-12-6-5-7-16-13(12)15-4/h5-7H,8H2,1-4H3,(H,15,16). The predicted octanol–water partition coefficient (Wildman–Crippen LogP) is 3.13. The second-order valence-electron chi connectivity index (χ2n) is 4.35. The van der Waals surface area contributed by atoms with Crippen molar-refractivity contribution >= 4 is 17.6 Å². The van der Waals surface area contributed by atoms with E-state index in [-0.39, 0.29) is 0 Å². The highest BCUT2D eigenvalue weighted by Crippen LogP contribution is 2.24. The first-order valence-electron chi connectivity index (χ1n) is 6.18. The highest BCUT2D eigenvalue weighted by molar-refractivity contribution is 7.98. The Bertz CT molecular complexity index is 560. The van der Waals surface area contributed by atoms with Gasteiger partial charge in [-0.1, -0.05) is 17.8 Å². The van der Waals surface area contributed by atoms with Crippen molar-refractivity contribution in [3.05, 3.63) is 40.8 Å². The summed E-state index contributed by atoms with van der Waals surface area (Å²) in [6, 6.07) is 4.02. The van der Waals surface area contributed by atoms with Crippen LogP contribution in [0.25, 0.3) is 0 Å². The second-order valence-corrected chi connectivity index (χ2v) is 5.29. The molecular weight excluding hydrogens is 256 g/mol. The van der Waals surface area contributed by atoms with Crippen molar-refractivity contribution in [3.8, 4) is 0 Å². The molecule has 2 rings (SSSR count). The lowest BCUT2D eigenvalue weighted by Crippen LogP contribution is -2.00. The minimum atomic E-state index is 0.811. The third kappa shape index (κ3) is 3.23. The van der Waals surface area contributed by atoms with Crippen LogP contribution >= 0.6 is 11.8 Å². The van der Waals surface area contributed by atoms with Crippen molar-refractivity contribution in [3.63, 3.8) is 0 Å². The highest BCUT2D eigenvalue weighted by atomic mass is 32.2. The van der Waals surface area contributed by atoms with E-state index in [9.17, 15) is 0 Å². The Morgan fingerprint density at radius 1 is 1.16 bits per heavy atom. The molecule has 0 bridgehead atoms. The van der Waals surface area contributed by atoms with Crippen LogP contribution in [-0.4, -0.2) is 22.0 Å². The molecule has 2 heterocycles. The number of pyridine rings is 1. The molecule has 1 N–H and O–H groups in total. The van der Waals surface area contributed by atoms with E-state index in [2.05, 4.69) is 33.3 Å². The van der Waals surface area contributed by atoms with Crippen LogP contribution in [0.3, 0.4) is 0 Å². The van der Waals surface area contributed by atoms with Gasteiger partial charge in [-0.15, -0.1) is 0 Å². The van der Waals surface area contributed by atoms with E-state index in [1.807, 2.05) is 27.0 Å². The van der Waals surface area contributed by atoms with E-state index in [4.69, 9.17) is 0 Å². The first-order chi connectivity index (χ1) is 9.11. The zero-order valence-corrected chi connectivity index (χ0v) is 12.5. The summed E-state index contributed by atoms with van der Waals surface area (Å²) in [5, 5.41) is 3.92. The summed E-state index contributed by atoms with van der Waals surface area (Å²) in [4.78, 5) is 13.3. The zero-order valence-electron chi connectivity index (χ0n) is 11.7. The van der Waals surface area contributed by atoms with Gasteiger partial charge in [-0.05, 0) is 32.4 Å². The summed E-state index contributed by atoms with van der Waals surface area (Å²) < 4.78 is 0. The molecule has 0 radical (unpaired) electrons. The smallest absolute Gasteiger partial charge is 0.188 e. The Balaban J connectivity index is 2.15. The maximum Gasteiger partial charge on any atom is 0.188 e. The van der Waals surface area contributed by atoms with E-state index < -0.39 is 0 Å². The molecule has 0 spiro atoms. The molecule has 0 aliphatic rings. The van der Waals surface area contributed by atoms with Crippen molar-refractivity contribution < 1.29 is 0 Å². The van der Waals surface area contributed by atoms with E-state index >= 15 is 0 Å². The van der Waals surface area contributed by atoms with Gasteiger partial charge in [-0.3, -0.25) is 0 Å². The third-order valence-electron chi connectivity index (χ3n) is 3.10. The van der Waals surface area contributed by atoms with Gasteiger partial charge in [0, 0.05) is 35.9 Å². The summed E-state index contributed by atoms with van der Waals surface area (Å²) in [7, 11) is 1.88. The monoisotopic (exact) mass is 274 g/mol. The lowest BCUT2D eigenvalue weighted by molar-refractivity contribution is 0.880. The number of thioether (sulfide) groups is 1. The van der Waals surface area contributed by atoms with Crippen molar-refractivity contribution in [2.45, 2.75) is 31.7 Å². The fourth-order valence-electron chi connectivity index (χ4n) is 1.73. The normalized spacial score (nSPS) is 10.5. The molecule has 0 unspecified atom stereocenters. The van der Waals surface area contributed by atoms with Gasteiger partial charge < -0.3 is 5.32 Å². The van der Waals surface area contributed by atoms with E-state index in [0.717, 1.165) is 33.7 Å². The summed E-state index contributed by atoms with van der Waals surface area (Å²) in [5.41, 5.74) is 4.43. The van der Waals surface area contributed by atoms with Crippen LogP contribution in [0.15, 0.2) is 23.5 Å². The number of nitrogens with zero attached hydrogens (tertiary/aromatic N) is 3. The number of hydrogen-bond acceptors (Lipinski definition) is 5. The average molecular weight is 274 g/mol. The Morgan fingerprint density at radius 3 is 2.47 bits per heavy atom. The van der Waals surface area contributed by atoms with Gasteiger partial charge in [-0.2, -0.15) is 0 Å². The summed E-state index contributed by atoms with van der Waals surface area (Å²) in [5.74, 6) is 1.72. The van der Waals surface area contributed by atoms with Gasteiger partial charge in [0.15, 0.2) is 5.16 Å². The lowest BCUT2D eigenvalue weighted by atomic mass is 10.2. The summed E-state index contributed by atoms with van der Waals surface area (Å²) >= 11 is 1.64.